The molecule has 0 aliphatic heterocycles. The lowest BCUT2D eigenvalue weighted by Crippen LogP contribution is -2.25. The summed E-state index contributed by atoms with van der Waals surface area (Å²) in [7, 11) is 1.36. The molecule has 2 aromatic heterocycles. The van der Waals surface area contributed by atoms with E-state index in [9.17, 15) is 14.0 Å². The standard InChI is InChI=1S/C19H16FN3O4/c1-26-17-11-22-14(9-15(17)24)18(25)23-10-12-5-4-8-21-19(12)27-16-7-3-2-6-13(16)20/h2-9,11H,10H2,1H3,(H,22,24)(H,23,25). The third-order valence-corrected chi connectivity index (χ3v) is 3.67. The van der Waals surface area contributed by atoms with E-state index in [0.717, 1.165) is 6.07 Å². The first kappa shape index (κ1) is 18.1. The average Bonchev–Trinajstić information content (AvgIpc) is 2.68. The maximum atomic E-state index is 13.8. The highest BCUT2D eigenvalue weighted by atomic mass is 19.1. The summed E-state index contributed by atoms with van der Waals surface area (Å²) in [6, 6.07) is 10.5. The molecular formula is C19H16FN3O4. The van der Waals surface area contributed by atoms with Crippen molar-refractivity contribution in [3.05, 3.63) is 82.2 Å². The van der Waals surface area contributed by atoms with Gasteiger partial charge in [0.25, 0.3) is 5.91 Å². The zero-order valence-electron chi connectivity index (χ0n) is 14.4. The van der Waals surface area contributed by atoms with Gasteiger partial charge < -0.3 is 19.8 Å². The van der Waals surface area contributed by atoms with Gasteiger partial charge in [0.05, 0.1) is 7.11 Å². The fourth-order valence-corrected chi connectivity index (χ4v) is 2.30. The van der Waals surface area contributed by atoms with Gasteiger partial charge in [-0.05, 0) is 18.2 Å². The number of nitrogens with one attached hydrogen (secondary N) is 2. The molecule has 0 radical (unpaired) electrons. The molecule has 1 amide bonds. The van der Waals surface area contributed by atoms with Gasteiger partial charge in [0.15, 0.2) is 17.3 Å². The number of amides is 1. The lowest BCUT2D eigenvalue weighted by Gasteiger charge is -2.11. The highest BCUT2D eigenvalue weighted by Gasteiger charge is 2.12. The van der Waals surface area contributed by atoms with Crippen LogP contribution in [0.3, 0.4) is 0 Å². The van der Waals surface area contributed by atoms with Crippen LogP contribution in [0, 0.1) is 5.82 Å². The molecule has 0 fully saturated rings. The Hall–Kier alpha value is -3.68. The first-order valence-corrected chi connectivity index (χ1v) is 7.99. The van der Waals surface area contributed by atoms with Gasteiger partial charge in [-0.2, -0.15) is 0 Å². The van der Waals surface area contributed by atoms with Crippen LogP contribution in [0.15, 0.2) is 59.7 Å². The smallest absolute Gasteiger partial charge is 0.268 e. The topological polar surface area (TPSA) is 93.3 Å². The number of para-hydroxylation sites is 1. The number of ether oxygens (including phenoxy) is 2. The van der Waals surface area contributed by atoms with Crippen LogP contribution >= 0.6 is 0 Å². The first-order valence-electron chi connectivity index (χ1n) is 7.99. The average molecular weight is 369 g/mol. The zero-order valence-corrected chi connectivity index (χ0v) is 14.4. The van der Waals surface area contributed by atoms with E-state index in [-0.39, 0.29) is 29.6 Å². The monoisotopic (exact) mass is 369 g/mol. The lowest BCUT2D eigenvalue weighted by molar-refractivity contribution is 0.0945. The third-order valence-electron chi connectivity index (χ3n) is 3.67. The Labute approximate surface area is 153 Å². The van der Waals surface area contributed by atoms with Crippen molar-refractivity contribution in [2.24, 2.45) is 0 Å². The van der Waals surface area contributed by atoms with E-state index >= 15 is 0 Å². The van der Waals surface area contributed by atoms with E-state index in [2.05, 4.69) is 15.3 Å². The molecule has 0 bridgehead atoms. The van der Waals surface area contributed by atoms with Crippen LogP contribution in [0.25, 0.3) is 0 Å². The molecule has 0 aliphatic rings. The maximum Gasteiger partial charge on any atom is 0.268 e. The van der Waals surface area contributed by atoms with Crippen molar-refractivity contribution < 1.29 is 18.7 Å². The molecule has 0 atom stereocenters. The summed E-state index contributed by atoms with van der Waals surface area (Å²) in [4.78, 5) is 30.8. The minimum absolute atomic E-state index is 0.0308. The molecule has 0 saturated carbocycles. The number of pyridine rings is 2. The van der Waals surface area contributed by atoms with Gasteiger partial charge >= 0.3 is 0 Å². The minimum atomic E-state index is -0.519. The molecule has 3 rings (SSSR count). The SMILES string of the molecule is COc1c[nH]c(C(=O)NCc2cccnc2Oc2ccccc2F)cc1=O. The van der Waals surface area contributed by atoms with Crippen LogP contribution < -0.4 is 20.2 Å². The van der Waals surface area contributed by atoms with Gasteiger partial charge in [0.1, 0.15) is 5.69 Å². The summed E-state index contributed by atoms with van der Waals surface area (Å²) < 4.78 is 24.2. The predicted octanol–water partition coefficient (Wildman–Crippen LogP) is 2.64. The normalized spacial score (nSPS) is 10.3. The Balaban J connectivity index is 1.73. The van der Waals surface area contributed by atoms with E-state index in [1.165, 1.54) is 31.6 Å². The molecule has 0 unspecified atom stereocenters. The fraction of sp³-hybridized carbons (Fsp3) is 0.105. The second-order valence-corrected chi connectivity index (χ2v) is 5.46. The molecule has 27 heavy (non-hydrogen) atoms. The maximum absolute atomic E-state index is 13.8. The summed E-state index contributed by atoms with van der Waals surface area (Å²) in [6.07, 6.45) is 2.82. The van der Waals surface area contributed by atoms with Crippen molar-refractivity contribution in [3.8, 4) is 17.4 Å². The van der Waals surface area contributed by atoms with Crippen molar-refractivity contribution in [1.82, 2.24) is 15.3 Å². The van der Waals surface area contributed by atoms with E-state index in [4.69, 9.17) is 9.47 Å². The molecule has 8 heteroatoms. The Morgan fingerprint density at radius 2 is 2.04 bits per heavy atom. The number of carbonyl (C=O) groups is 1. The number of aromatic amines is 1. The molecule has 7 nitrogen and oxygen atoms in total. The van der Waals surface area contributed by atoms with E-state index < -0.39 is 17.2 Å². The number of halogens is 1. The zero-order chi connectivity index (χ0) is 19.2. The van der Waals surface area contributed by atoms with Crippen LogP contribution in [0.1, 0.15) is 16.1 Å². The molecular weight excluding hydrogens is 353 g/mol. The van der Waals surface area contributed by atoms with E-state index in [1.807, 2.05) is 0 Å². The number of benzene rings is 1. The van der Waals surface area contributed by atoms with E-state index in [1.54, 1.807) is 24.3 Å². The van der Waals surface area contributed by atoms with Gasteiger partial charge in [0, 0.05) is 30.6 Å². The number of hydrogen-bond donors (Lipinski definition) is 2. The number of hydrogen-bond acceptors (Lipinski definition) is 5. The van der Waals surface area contributed by atoms with Crippen molar-refractivity contribution in [1.29, 1.82) is 0 Å². The van der Waals surface area contributed by atoms with Crippen molar-refractivity contribution in [3.63, 3.8) is 0 Å². The summed E-state index contributed by atoms with van der Waals surface area (Å²) in [6.45, 7) is 0.0739. The van der Waals surface area contributed by atoms with Crippen LogP contribution in [0.2, 0.25) is 0 Å². The van der Waals surface area contributed by atoms with Gasteiger partial charge in [-0.1, -0.05) is 18.2 Å². The van der Waals surface area contributed by atoms with Gasteiger partial charge in [-0.15, -0.1) is 0 Å². The summed E-state index contributed by atoms with van der Waals surface area (Å²) in [5.74, 6) is -0.696. The predicted molar refractivity (Wildman–Crippen MR) is 95.5 cm³/mol. The number of rotatable bonds is 6. The molecule has 2 N–H and O–H groups in total. The molecule has 0 aliphatic carbocycles. The van der Waals surface area contributed by atoms with Crippen molar-refractivity contribution in [2.45, 2.75) is 6.54 Å². The quantitative estimate of drug-likeness (QED) is 0.697. The first-order chi connectivity index (χ1) is 13.1. The molecule has 3 aromatic rings. The minimum Gasteiger partial charge on any atom is -0.491 e. The van der Waals surface area contributed by atoms with Crippen molar-refractivity contribution in [2.75, 3.05) is 7.11 Å². The third kappa shape index (κ3) is 4.30. The van der Waals surface area contributed by atoms with Gasteiger partial charge in [0.2, 0.25) is 11.3 Å². The van der Waals surface area contributed by atoms with Gasteiger partial charge in [-0.3, -0.25) is 9.59 Å². The summed E-state index contributed by atoms with van der Waals surface area (Å²) in [5, 5.41) is 2.66. The molecule has 0 saturated heterocycles. The Kier molecular flexibility index (Phi) is 5.46. The second kappa shape index (κ2) is 8.13. The number of carbonyl (C=O) groups excluding carboxylic acids is 1. The second-order valence-electron chi connectivity index (χ2n) is 5.46. The Bertz CT molecular complexity index is 1020. The van der Waals surface area contributed by atoms with Crippen LogP contribution in [0.5, 0.6) is 17.4 Å². The number of nitrogens with zero attached hydrogens (tertiary/aromatic N) is 1. The Morgan fingerprint density at radius 3 is 2.78 bits per heavy atom. The summed E-state index contributed by atoms with van der Waals surface area (Å²) >= 11 is 0. The van der Waals surface area contributed by atoms with Gasteiger partial charge in [-0.25, -0.2) is 9.37 Å². The number of methoxy groups -OCH3 is 1. The van der Waals surface area contributed by atoms with Crippen LogP contribution in [-0.4, -0.2) is 23.0 Å². The lowest BCUT2D eigenvalue weighted by atomic mass is 10.2. The van der Waals surface area contributed by atoms with Crippen molar-refractivity contribution >= 4 is 5.91 Å². The molecule has 0 spiro atoms. The molecule has 1 aromatic carbocycles. The highest BCUT2D eigenvalue weighted by molar-refractivity contribution is 5.92. The number of aromatic nitrogens is 2. The highest BCUT2D eigenvalue weighted by Crippen LogP contribution is 2.25. The molecule has 138 valence electrons. The largest absolute Gasteiger partial charge is 0.491 e. The van der Waals surface area contributed by atoms with E-state index in [0.29, 0.717) is 5.56 Å². The van der Waals surface area contributed by atoms with Crippen LogP contribution in [0.4, 0.5) is 4.39 Å². The van der Waals surface area contributed by atoms with Crippen LogP contribution in [-0.2, 0) is 6.54 Å². The molecule has 2 heterocycles. The Morgan fingerprint density at radius 1 is 1.22 bits per heavy atom. The summed E-state index contributed by atoms with van der Waals surface area (Å²) in [5.41, 5.74) is 0.220. The number of H-pyrrole nitrogens is 1. The fourth-order valence-electron chi connectivity index (χ4n) is 2.30.